The van der Waals surface area contributed by atoms with Crippen molar-refractivity contribution in [3.63, 3.8) is 0 Å². The summed E-state index contributed by atoms with van der Waals surface area (Å²) >= 11 is 0. The number of rotatable bonds is 4. The van der Waals surface area contributed by atoms with Crippen LogP contribution >= 0.6 is 0 Å². The Bertz CT molecular complexity index is 1090. The number of aryl methyl sites for hydroxylation is 1. The van der Waals surface area contributed by atoms with Crippen molar-refractivity contribution in [1.82, 2.24) is 24.6 Å². The van der Waals surface area contributed by atoms with Gasteiger partial charge in [0.15, 0.2) is 5.82 Å². The van der Waals surface area contributed by atoms with Crippen molar-refractivity contribution in [1.29, 1.82) is 0 Å². The van der Waals surface area contributed by atoms with Gasteiger partial charge in [-0.25, -0.2) is 9.67 Å². The number of amides is 1. The van der Waals surface area contributed by atoms with Gasteiger partial charge in [0, 0.05) is 56.6 Å². The Morgan fingerprint density at radius 3 is 2.52 bits per heavy atom. The molecule has 1 N–H and O–H groups in total. The Morgan fingerprint density at radius 2 is 1.90 bits per heavy atom. The second-order valence-electron chi connectivity index (χ2n) is 8.92. The first-order chi connectivity index (χ1) is 14.8. The van der Waals surface area contributed by atoms with Crippen molar-refractivity contribution in [2.24, 2.45) is 11.8 Å². The zero-order valence-corrected chi connectivity index (χ0v) is 17.9. The highest BCUT2D eigenvalue weighted by atomic mass is 16.4. The fourth-order valence-electron chi connectivity index (χ4n) is 4.71. The SMILES string of the molecule is Cc1oc(N2CC3CN(C(=O)c4cccnc4-n4cccn4)CC3C2)nc1C(C)(C)O. The largest absolute Gasteiger partial charge is 0.429 e. The fourth-order valence-corrected chi connectivity index (χ4v) is 4.71. The molecule has 2 unspecified atom stereocenters. The average molecular weight is 422 g/mol. The minimum Gasteiger partial charge on any atom is -0.429 e. The summed E-state index contributed by atoms with van der Waals surface area (Å²) in [4.78, 5) is 26.2. The highest BCUT2D eigenvalue weighted by Crippen LogP contribution is 2.36. The molecule has 9 nitrogen and oxygen atoms in total. The number of pyridine rings is 1. The van der Waals surface area contributed by atoms with Gasteiger partial charge in [-0.2, -0.15) is 10.1 Å². The first-order valence-electron chi connectivity index (χ1n) is 10.5. The molecular formula is C22H26N6O3. The normalized spacial score (nSPS) is 21.0. The molecule has 5 rings (SSSR count). The molecule has 0 aliphatic carbocycles. The van der Waals surface area contributed by atoms with Crippen LogP contribution < -0.4 is 4.90 Å². The first-order valence-corrected chi connectivity index (χ1v) is 10.5. The molecule has 9 heteroatoms. The summed E-state index contributed by atoms with van der Waals surface area (Å²) in [5.74, 6) is 1.87. The Balaban J connectivity index is 1.30. The number of carbonyl (C=O) groups is 1. The van der Waals surface area contributed by atoms with Gasteiger partial charge in [-0.15, -0.1) is 0 Å². The monoisotopic (exact) mass is 422 g/mol. The molecule has 2 fully saturated rings. The third kappa shape index (κ3) is 3.48. The third-order valence-electron chi connectivity index (χ3n) is 6.15. The second kappa shape index (κ2) is 7.19. The Labute approximate surface area is 180 Å². The summed E-state index contributed by atoms with van der Waals surface area (Å²) in [6, 6.07) is 5.95. The van der Waals surface area contributed by atoms with Gasteiger partial charge >= 0.3 is 0 Å². The van der Waals surface area contributed by atoms with E-state index in [1.165, 1.54) is 0 Å². The van der Waals surface area contributed by atoms with E-state index in [-0.39, 0.29) is 5.91 Å². The van der Waals surface area contributed by atoms with Crippen LogP contribution in [0.3, 0.4) is 0 Å². The summed E-state index contributed by atoms with van der Waals surface area (Å²) in [5.41, 5.74) is 0.0842. The van der Waals surface area contributed by atoms with Crippen molar-refractivity contribution in [3.8, 4) is 5.82 Å². The van der Waals surface area contributed by atoms with E-state index >= 15 is 0 Å². The number of hydrogen-bond acceptors (Lipinski definition) is 7. The van der Waals surface area contributed by atoms with Crippen molar-refractivity contribution in [3.05, 3.63) is 53.8 Å². The minimum absolute atomic E-state index is 0.0177. The van der Waals surface area contributed by atoms with Crippen LogP contribution in [-0.4, -0.2) is 61.8 Å². The number of nitrogens with zero attached hydrogens (tertiary/aromatic N) is 6. The molecule has 2 atom stereocenters. The van der Waals surface area contributed by atoms with Crippen molar-refractivity contribution >= 4 is 11.9 Å². The van der Waals surface area contributed by atoms with E-state index in [4.69, 9.17) is 4.42 Å². The van der Waals surface area contributed by atoms with Gasteiger partial charge < -0.3 is 19.3 Å². The van der Waals surface area contributed by atoms with Crippen LogP contribution in [0.15, 0.2) is 41.2 Å². The molecule has 162 valence electrons. The molecule has 0 radical (unpaired) electrons. The van der Waals surface area contributed by atoms with E-state index in [2.05, 4.69) is 20.0 Å². The van der Waals surface area contributed by atoms with Crippen LogP contribution in [-0.2, 0) is 5.60 Å². The summed E-state index contributed by atoms with van der Waals surface area (Å²) in [5, 5.41) is 14.5. The standard InChI is InChI=1S/C22H26N6O3/c1-14-18(22(2,3)30)25-21(31-14)27-12-15-10-26(11-16(15)13-27)20(29)17-6-4-7-23-19(17)28-9-5-8-24-28/h4-9,15-16,30H,10-13H2,1-3H3. The molecule has 3 aromatic rings. The van der Waals surface area contributed by atoms with Crippen LogP contribution in [0.5, 0.6) is 0 Å². The topological polar surface area (TPSA) is 101 Å². The molecule has 31 heavy (non-hydrogen) atoms. The zero-order valence-electron chi connectivity index (χ0n) is 17.9. The number of oxazole rings is 1. The van der Waals surface area contributed by atoms with Gasteiger partial charge in [-0.05, 0) is 39.0 Å². The summed E-state index contributed by atoms with van der Waals surface area (Å²) < 4.78 is 7.47. The van der Waals surface area contributed by atoms with E-state index in [0.717, 1.165) is 13.1 Å². The molecular weight excluding hydrogens is 396 g/mol. The quantitative estimate of drug-likeness (QED) is 0.686. The lowest BCUT2D eigenvalue weighted by Gasteiger charge is -2.21. The third-order valence-corrected chi connectivity index (χ3v) is 6.15. The maximum atomic E-state index is 13.3. The van der Waals surface area contributed by atoms with E-state index in [1.807, 2.05) is 17.9 Å². The van der Waals surface area contributed by atoms with Crippen LogP contribution in [0.4, 0.5) is 6.01 Å². The predicted molar refractivity (Wildman–Crippen MR) is 113 cm³/mol. The number of hydrogen-bond donors (Lipinski definition) is 1. The number of carbonyl (C=O) groups excluding carboxylic acids is 1. The lowest BCUT2D eigenvalue weighted by Crippen LogP contribution is -2.34. The molecule has 2 saturated heterocycles. The van der Waals surface area contributed by atoms with Gasteiger partial charge in [0.25, 0.3) is 11.9 Å². The fraction of sp³-hybridized carbons (Fsp3) is 0.455. The molecule has 2 aliphatic heterocycles. The lowest BCUT2D eigenvalue weighted by molar-refractivity contribution is 0.0727. The number of aromatic nitrogens is 4. The second-order valence-corrected chi connectivity index (χ2v) is 8.92. The number of anilines is 1. The van der Waals surface area contributed by atoms with Gasteiger partial charge in [0.1, 0.15) is 17.1 Å². The van der Waals surface area contributed by atoms with Gasteiger partial charge in [0.05, 0.1) is 5.56 Å². The smallest absolute Gasteiger partial charge is 0.297 e. The van der Waals surface area contributed by atoms with Crippen LogP contribution in [0.2, 0.25) is 0 Å². The number of fused-ring (bicyclic) bond motifs is 1. The molecule has 2 aliphatic rings. The van der Waals surface area contributed by atoms with Crippen LogP contribution in [0.1, 0.15) is 35.7 Å². The predicted octanol–water partition coefficient (Wildman–Crippen LogP) is 2.00. The number of aliphatic hydroxyl groups is 1. The highest BCUT2D eigenvalue weighted by molar-refractivity contribution is 5.97. The summed E-state index contributed by atoms with van der Waals surface area (Å²) in [7, 11) is 0. The van der Waals surface area contributed by atoms with E-state index in [1.54, 1.807) is 49.3 Å². The summed E-state index contributed by atoms with van der Waals surface area (Å²) in [6.45, 7) is 8.17. The van der Waals surface area contributed by atoms with Crippen LogP contribution in [0.25, 0.3) is 5.82 Å². The maximum Gasteiger partial charge on any atom is 0.297 e. The Kier molecular flexibility index (Phi) is 4.58. The first kappa shape index (κ1) is 19.7. The minimum atomic E-state index is -1.04. The molecule has 0 spiro atoms. The summed E-state index contributed by atoms with van der Waals surface area (Å²) in [6.07, 6.45) is 5.13. The Hall–Kier alpha value is -3.20. The molecule has 0 aromatic carbocycles. The zero-order chi connectivity index (χ0) is 21.8. The van der Waals surface area contributed by atoms with Crippen molar-refractivity contribution in [2.45, 2.75) is 26.4 Å². The Morgan fingerprint density at radius 1 is 1.16 bits per heavy atom. The maximum absolute atomic E-state index is 13.3. The molecule has 0 bridgehead atoms. The van der Waals surface area contributed by atoms with Crippen LogP contribution in [0, 0.1) is 18.8 Å². The molecule has 5 heterocycles. The highest BCUT2D eigenvalue weighted by Gasteiger charge is 2.43. The van der Waals surface area contributed by atoms with Gasteiger partial charge in [0.2, 0.25) is 0 Å². The van der Waals surface area contributed by atoms with Gasteiger partial charge in [-0.3, -0.25) is 4.79 Å². The molecule has 0 saturated carbocycles. The van der Waals surface area contributed by atoms with E-state index < -0.39 is 5.60 Å². The molecule has 3 aromatic heterocycles. The average Bonchev–Trinajstić information content (AvgIpc) is 3.49. The van der Waals surface area contributed by atoms with Gasteiger partial charge in [-0.1, -0.05) is 0 Å². The van der Waals surface area contributed by atoms with Crippen molar-refractivity contribution < 1.29 is 14.3 Å². The lowest BCUT2D eigenvalue weighted by atomic mass is 10.0. The van der Waals surface area contributed by atoms with E-state index in [0.29, 0.717) is 53.8 Å². The molecule has 1 amide bonds. The van der Waals surface area contributed by atoms with Crippen molar-refractivity contribution in [2.75, 3.05) is 31.1 Å². The number of likely N-dealkylation sites (tertiary alicyclic amines) is 1. The van der Waals surface area contributed by atoms with E-state index in [9.17, 15) is 9.90 Å².